The number of fused-ring (bicyclic) bond motifs is 1. The first-order valence-corrected chi connectivity index (χ1v) is 9.55. The van der Waals surface area contributed by atoms with Gasteiger partial charge in [-0.3, -0.25) is 0 Å². The molecule has 1 aliphatic rings. The predicted octanol–water partition coefficient (Wildman–Crippen LogP) is 2.06. The third kappa shape index (κ3) is 2.60. The summed E-state index contributed by atoms with van der Waals surface area (Å²) < 4.78 is 30.5. The minimum Gasteiger partial charge on any atom is -0.478 e. The number of rotatable bonds is 3. The molecule has 25 heavy (non-hydrogen) atoms. The fraction of sp³-hybridized carbons (Fsp3) is 0.312. The molecule has 4 heterocycles. The molecule has 1 saturated heterocycles. The highest BCUT2D eigenvalue weighted by Crippen LogP contribution is 2.32. The van der Waals surface area contributed by atoms with Gasteiger partial charge in [-0.05, 0) is 31.5 Å². The van der Waals surface area contributed by atoms with E-state index in [1.807, 2.05) is 0 Å². The van der Waals surface area contributed by atoms with Crippen LogP contribution in [-0.4, -0.2) is 45.8 Å². The van der Waals surface area contributed by atoms with E-state index in [-0.39, 0.29) is 23.1 Å². The van der Waals surface area contributed by atoms with Crippen LogP contribution >= 0.6 is 0 Å². The van der Waals surface area contributed by atoms with Gasteiger partial charge in [-0.25, -0.2) is 22.9 Å². The molecule has 0 radical (unpaired) electrons. The van der Waals surface area contributed by atoms with Crippen LogP contribution in [0, 0.1) is 6.92 Å². The first-order valence-electron chi connectivity index (χ1n) is 7.73. The molecule has 0 amide bonds. The van der Waals surface area contributed by atoms with Crippen LogP contribution in [0.1, 0.15) is 28.5 Å². The Hall–Kier alpha value is -2.68. The summed E-state index contributed by atoms with van der Waals surface area (Å²) in [5.74, 6) is -0.573. The number of aryl methyl sites for hydroxylation is 1. The predicted molar refractivity (Wildman–Crippen MR) is 89.2 cm³/mol. The van der Waals surface area contributed by atoms with Gasteiger partial charge in [0.05, 0.1) is 40.5 Å². The number of carboxylic acids is 1. The number of pyridine rings is 1. The highest BCUT2D eigenvalue weighted by atomic mass is 32.2. The lowest BCUT2D eigenvalue weighted by Crippen LogP contribution is -2.13. The maximum Gasteiger partial charge on any atom is 0.336 e. The number of nitrogens with zero attached hydrogens (tertiary/aromatic N) is 3. The van der Waals surface area contributed by atoms with Crippen LogP contribution in [0.25, 0.3) is 22.5 Å². The summed E-state index contributed by atoms with van der Waals surface area (Å²) in [6.45, 7) is 1.70. The van der Waals surface area contributed by atoms with Crippen molar-refractivity contribution in [1.29, 1.82) is 0 Å². The molecule has 0 aliphatic carbocycles. The fourth-order valence-corrected chi connectivity index (χ4v) is 4.95. The van der Waals surface area contributed by atoms with Gasteiger partial charge in [-0.2, -0.15) is 5.10 Å². The maximum atomic E-state index is 11.8. The van der Waals surface area contributed by atoms with Gasteiger partial charge in [0.2, 0.25) is 0 Å². The molecule has 8 nitrogen and oxygen atoms in total. The Morgan fingerprint density at radius 2 is 2.24 bits per heavy atom. The molecule has 9 heteroatoms. The standard InChI is InChI=1S/C16H15N3O5S/c1-9-14-11(16(20)21)7-12(13-3-2-5-24-13)17-15(14)19(18-9)10-4-6-25(22,23)8-10/h2-3,5,7,10H,4,6,8H2,1H3,(H,20,21)/t10-/m0/s1. The van der Waals surface area contributed by atoms with Crippen molar-refractivity contribution < 1.29 is 22.7 Å². The zero-order chi connectivity index (χ0) is 17.8. The molecular weight excluding hydrogens is 346 g/mol. The lowest BCUT2D eigenvalue weighted by molar-refractivity contribution is 0.0699. The summed E-state index contributed by atoms with van der Waals surface area (Å²) in [5.41, 5.74) is 1.32. The van der Waals surface area contributed by atoms with E-state index in [2.05, 4.69) is 10.1 Å². The number of hydrogen-bond acceptors (Lipinski definition) is 6. The van der Waals surface area contributed by atoms with Gasteiger partial charge in [-0.1, -0.05) is 0 Å². The average Bonchev–Trinajstić information content (AvgIpc) is 3.26. The van der Waals surface area contributed by atoms with Crippen molar-refractivity contribution in [2.45, 2.75) is 19.4 Å². The van der Waals surface area contributed by atoms with Crippen molar-refractivity contribution in [1.82, 2.24) is 14.8 Å². The van der Waals surface area contributed by atoms with E-state index in [1.165, 1.54) is 12.3 Å². The van der Waals surface area contributed by atoms with Crippen LogP contribution in [0.15, 0.2) is 28.9 Å². The van der Waals surface area contributed by atoms with E-state index < -0.39 is 15.8 Å². The molecule has 3 aromatic rings. The van der Waals surface area contributed by atoms with Crippen LogP contribution in [0.4, 0.5) is 0 Å². The molecule has 0 saturated carbocycles. The number of hydrogen-bond donors (Lipinski definition) is 1. The molecule has 1 atom stereocenters. The topological polar surface area (TPSA) is 115 Å². The first-order chi connectivity index (χ1) is 11.9. The summed E-state index contributed by atoms with van der Waals surface area (Å²) in [4.78, 5) is 16.3. The summed E-state index contributed by atoms with van der Waals surface area (Å²) in [6.07, 6.45) is 1.92. The Morgan fingerprint density at radius 3 is 2.84 bits per heavy atom. The van der Waals surface area contributed by atoms with Gasteiger partial charge in [0, 0.05) is 0 Å². The highest BCUT2D eigenvalue weighted by Gasteiger charge is 2.32. The van der Waals surface area contributed by atoms with Crippen molar-refractivity contribution in [3.63, 3.8) is 0 Å². The van der Waals surface area contributed by atoms with E-state index >= 15 is 0 Å². The zero-order valence-corrected chi connectivity index (χ0v) is 14.2. The van der Waals surface area contributed by atoms with E-state index in [9.17, 15) is 18.3 Å². The number of carbonyl (C=O) groups is 1. The molecule has 0 unspecified atom stereocenters. The van der Waals surface area contributed by atoms with Crippen LogP contribution in [0.2, 0.25) is 0 Å². The second kappa shape index (κ2) is 5.41. The monoisotopic (exact) mass is 361 g/mol. The fourth-order valence-electron chi connectivity index (χ4n) is 3.26. The van der Waals surface area contributed by atoms with Crippen molar-refractivity contribution in [2.24, 2.45) is 0 Å². The van der Waals surface area contributed by atoms with E-state index in [0.29, 0.717) is 34.6 Å². The second-order valence-corrected chi connectivity index (χ2v) is 8.35. The van der Waals surface area contributed by atoms with Gasteiger partial charge in [0.25, 0.3) is 0 Å². The number of carboxylic acid groups (broad SMARTS) is 1. The van der Waals surface area contributed by atoms with Crippen molar-refractivity contribution in [2.75, 3.05) is 11.5 Å². The minimum atomic E-state index is -3.11. The van der Waals surface area contributed by atoms with E-state index in [0.717, 1.165) is 0 Å². The lowest BCUT2D eigenvalue weighted by Gasteiger charge is -2.10. The Kier molecular flexibility index (Phi) is 3.43. The summed E-state index contributed by atoms with van der Waals surface area (Å²) in [5, 5.41) is 14.4. The van der Waals surface area contributed by atoms with Crippen LogP contribution in [-0.2, 0) is 9.84 Å². The zero-order valence-electron chi connectivity index (χ0n) is 13.3. The molecule has 1 fully saturated rings. The van der Waals surface area contributed by atoms with Gasteiger partial charge >= 0.3 is 5.97 Å². The Morgan fingerprint density at radius 1 is 1.44 bits per heavy atom. The maximum absolute atomic E-state index is 11.8. The van der Waals surface area contributed by atoms with Crippen LogP contribution < -0.4 is 0 Å². The Bertz CT molecular complexity index is 1080. The third-order valence-electron chi connectivity index (χ3n) is 4.40. The third-order valence-corrected chi connectivity index (χ3v) is 6.15. The summed E-state index contributed by atoms with van der Waals surface area (Å²) in [7, 11) is -3.11. The molecule has 130 valence electrons. The Balaban J connectivity index is 1.98. The molecule has 1 N–H and O–H groups in total. The largest absolute Gasteiger partial charge is 0.478 e. The van der Waals surface area contributed by atoms with E-state index in [4.69, 9.17) is 4.42 Å². The van der Waals surface area contributed by atoms with Gasteiger partial charge in [0.1, 0.15) is 5.69 Å². The summed E-state index contributed by atoms with van der Waals surface area (Å²) in [6, 6.07) is 4.48. The molecule has 3 aromatic heterocycles. The molecule has 4 rings (SSSR count). The molecular formula is C16H15N3O5S. The summed E-state index contributed by atoms with van der Waals surface area (Å²) >= 11 is 0. The number of aromatic carboxylic acids is 1. The first kappa shape index (κ1) is 15.8. The second-order valence-electron chi connectivity index (χ2n) is 6.12. The molecule has 0 aromatic carbocycles. The normalized spacial score (nSPS) is 19.5. The van der Waals surface area contributed by atoms with Gasteiger partial charge in [-0.15, -0.1) is 0 Å². The SMILES string of the molecule is Cc1nn([C@H]2CCS(=O)(=O)C2)c2nc(-c3ccco3)cc(C(=O)O)c12. The van der Waals surface area contributed by atoms with Gasteiger partial charge < -0.3 is 9.52 Å². The average molecular weight is 361 g/mol. The van der Waals surface area contributed by atoms with Crippen molar-refractivity contribution >= 4 is 26.8 Å². The Labute approximate surface area is 143 Å². The number of aromatic nitrogens is 3. The number of sulfone groups is 1. The highest BCUT2D eigenvalue weighted by molar-refractivity contribution is 7.91. The minimum absolute atomic E-state index is 0.0156. The van der Waals surface area contributed by atoms with Crippen LogP contribution in [0.3, 0.4) is 0 Å². The molecule has 0 spiro atoms. The van der Waals surface area contributed by atoms with Crippen molar-refractivity contribution in [3.8, 4) is 11.5 Å². The quantitative estimate of drug-likeness (QED) is 0.759. The molecule has 0 bridgehead atoms. The van der Waals surface area contributed by atoms with Gasteiger partial charge in [0.15, 0.2) is 21.2 Å². The van der Waals surface area contributed by atoms with Crippen LogP contribution in [0.5, 0.6) is 0 Å². The van der Waals surface area contributed by atoms with Crippen molar-refractivity contribution in [3.05, 3.63) is 35.7 Å². The lowest BCUT2D eigenvalue weighted by atomic mass is 10.1. The molecule has 1 aliphatic heterocycles. The van der Waals surface area contributed by atoms with E-state index in [1.54, 1.807) is 23.7 Å². The number of furan rings is 1. The smallest absolute Gasteiger partial charge is 0.336 e.